The lowest BCUT2D eigenvalue weighted by atomic mass is 10.2. The Kier molecular flexibility index (Phi) is 2.86. The lowest BCUT2D eigenvalue weighted by Crippen LogP contribution is -2.22. The summed E-state index contributed by atoms with van der Waals surface area (Å²) in [6, 6.07) is 8.47. The fourth-order valence-corrected chi connectivity index (χ4v) is 1.57. The summed E-state index contributed by atoms with van der Waals surface area (Å²) in [7, 11) is 0. The van der Waals surface area contributed by atoms with Crippen molar-refractivity contribution in [3.8, 4) is 0 Å². The highest BCUT2D eigenvalue weighted by Gasteiger charge is 2.23. The highest BCUT2D eigenvalue weighted by molar-refractivity contribution is 14.1. The van der Waals surface area contributed by atoms with Crippen LogP contribution in [0.15, 0.2) is 24.3 Å². The first kappa shape index (κ1) is 9.43. The molecule has 1 aliphatic rings. The molecule has 1 aliphatic carbocycles. The molecule has 1 aromatic rings. The van der Waals surface area contributed by atoms with Gasteiger partial charge in [0, 0.05) is 9.61 Å². The van der Waals surface area contributed by atoms with Gasteiger partial charge in [0.05, 0.1) is 0 Å². The normalized spacial score (nSPS) is 18.6. The first-order chi connectivity index (χ1) is 6.25. The molecule has 2 rings (SSSR count). The van der Waals surface area contributed by atoms with Crippen LogP contribution in [0.4, 0.5) is 0 Å². The third-order valence-electron chi connectivity index (χ3n) is 2.16. The molecule has 0 aromatic heterocycles. The largest absolute Gasteiger partial charge is 0.374 e. The molecule has 0 radical (unpaired) electrons. The summed E-state index contributed by atoms with van der Waals surface area (Å²) in [4.78, 5) is 0. The van der Waals surface area contributed by atoms with E-state index >= 15 is 0 Å². The second kappa shape index (κ2) is 3.94. The Balaban J connectivity index is 2.01. The van der Waals surface area contributed by atoms with Gasteiger partial charge in [-0.3, -0.25) is 5.32 Å². The third-order valence-corrected chi connectivity index (χ3v) is 2.88. The van der Waals surface area contributed by atoms with E-state index in [1.165, 1.54) is 16.4 Å². The highest BCUT2D eigenvalue weighted by Crippen LogP contribution is 2.23. The van der Waals surface area contributed by atoms with Crippen LogP contribution in [-0.2, 0) is 0 Å². The topological polar surface area (TPSA) is 32.3 Å². The number of hydrogen-bond acceptors (Lipinski definition) is 2. The molecule has 1 fully saturated rings. The SMILES string of the molecule is OC(NC1CC1)c1ccc(I)cc1. The predicted molar refractivity (Wildman–Crippen MR) is 60.3 cm³/mol. The van der Waals surface area contributed by atoms with Crippen molar-refractivity contribution < 1.29 is 5.11 Å². The van der Waals surface area contributed by atoms with E-state index in [0.717, 1.165) is 5.56 Å². The van der Waals surface area contributed by atoms with Gasteiger partial charge in [0.25, 0.3) is 0 Å². The number of halogens is 1. The fraction of sp³-hybridized carbons (Fsp3) is 0.400. The number of aliphatic hydroxyl groups excluding tert-OH is 1. The maximum Gasteiger partial charge on any atom is 0.131 e. The van der Waals surface area contributed by atoms with E-state index in [0.29, 0.717) is 6.04 Å². The van der Waals surface area contributed by atoms with Gasteiger partial charge >= 0.3 is 0 Å². The molecule has 1 saturated carbocycles. The number of rotatable bonds is 3. The molecule has 0 bridgehead atoms. The van der Waals surface area contributed by atoms with Gasteiger partial charge in [-0.1, -0.05) is 12.1 Å². The minimum Gasteiger partial charge on any atom is -0.374 e. The molecule has 2 N–H and O–H groups in total. The zero-order valence-electron chi connectivity index (χ0n) is 7.20. The zero-order valence-corrected chi connectivity index (χ0v) is 9.36. The molecule has 13 heavy (non-hydrogen) atoms. The van der Waals surface area contributed by atoms with E-state index in [1.54, 1.807) is 0 Å². The van der Waals surface area contributed by atoms with Crippen molar-refractivity contribution in [3.63, 3.8) is 0 Å². The molecule has 0 aliphatic heterocycles. The minimum atomic E-state index is -0.496. The average Bonchev–Trinajstić information content (AvgIpc) is 2.89. The molecule has 0 saturated heterocycles. The summed E-state index contributed by atoms with van der Waals surface area (Å²) in [6.45, 7) is 0. The standard InChI is InChI=1S/C10H12INO/c11-8-3-1-7(2-4-8)10(13)12-9-5-6-9/h1-4,9-10,12-13H,5-6H2. The summed E-state index contributed by atoms with van der Waals surface area (Å²) in [5.74, 6) is 0. The number of hydrogen-bond donors (Lipinski definition) is 2. The van der Waals surface area contributed by atoms with Crippen molar-refractivity contribution in [1.29, 1.82) is 0 Å². The van der Waals surface area contributed by atoms with E-state index < -0.39 is 6.23 Å². The Hall–Kier alpha value is -0.130. The van der Waals surface area contributed by atoms with Crippen molar-refractivity contribution in [2.75, 3.05) is 0 Å². The third kappa shape index (κ3) is 2.65. The van der Waals surface area contributed by atoms with Crippen molar-refractivity contribution in [2.45, 2.75) is 25.1 Å². The van der Waals surface area contributed by atoms with Crippen molar-refractivity contribution >= 4 is 22.6 Å². The van der Waals surface area contributed by atoms with Crippen LogP contribution < -0.4 is 5.32 Å². The molecular formula is C10H12INO. The molecule has 1 atom stereocenters. The van der Waals surface area contributed by atoms with Crippen LogP contribution in [0.5, 0.6) is 0 Å². The van der Waals surface area contributed by atoms with Crippen LogP contribution in [0.25, 0.3) is 0 Å². The van der Waals surface area contributed by atoms with Crippen LogP contribution in [0, 0.1) is 3.57 Å². The summed E-state index contributed by atoms with van der Waals surface area (Å²) in [5.41, 5.74) is 0.951. The van der Waals surface area contributed by atoms with E-state index in [9.17, 15) is 5.11 Å². The van der Waals surface area contributed by atoms with Gasteiger partial charge < -0.3 is 5.11 Å². The van der Waals surface area contributed by atoms with Crippen molar-refractivity contribution in [3.05, 3.63) is 33.4 Å². The van der Waals surface area contributed by atoms with E-state index in [2.05, 4.69) is 27.9 Å². The lowest BCUT2D eigenvalue weighted by Gasteiger charge is -2.11. The van der Waals surface area contributed by atoms with Crippen LogP contribution in [0.2, 0.25) is 0 Å². The highest BCUT2D eigenvalue weighted by atomic mass is 127. The zero-order chi connectivity index (χ0) is 9.26. The summed E-state index contributed by atoms with van der Waals surface area (Å²) in [6.07, 6.45) is 1.90. The van der Waals surface area contributed by atoms with Crippen molar-refractivity contribution in [1.82, 2.24) is 5.32 Å². The number of aliphatic hydroxyl groups is 1. The summed E-state index contributed by atoms with van der Waals surface area (Å²) >= 11 is 2.26. The smallest absolute Gasteiger partial charge is 0.131 e. The van der Waals surface area contributed by atoms with Crippen LogP contribution >= 0.6 is 22.6 Å². The first-order valence-electron chi connectivity index (χ1n) is 4.45. The van der Waals surface area contributed by atoms with E-state index in [-0.39, 0.29) is 0 Å². The molecular weight excluding hydrogens is 277 g/mol. The summed E-state index contributed by atoms with van der Waals surface area (Å²) < 4.78 is 1.19. The van der Waals surface area contributed by atoms with Gasteiger partial charge in [0.2, 0.25) is 0 Å². The Bertz CT molecular complexity index is 281. The fourth-order valence-electron chi connectivity index (χ4n) is 1.21. The molecule has 0 spiro atoms. The molecule has 0 heterocycles. The quantitative estimate of drug-likeness (QED) is 0.659. The lowest BCUT2D eigenvalue weighted by molar-refractivity contribution is 0.137. The van der Waals surface area contributed by atoms with E-state index in [4.69, 9.17) is 0 Å². The van der Waals surface area contributed by atoms with Crippen molar-refractivity contribution in [2.24, 2.45) is 0 Å². The van der Waals surface area contributed by atoms with Crippen LogP contribution in [0.1, 0.15) is 24.6 Å². The monoisotopic (exact) mass is 289 g/mol. The molecule has 1 aromatic carbocycles. The maximum atomic E-state index is 9.71. The molecule has 3 heteroatoms. The van der Waals surface area contributed by atoms with Crippen LogP contribution in [-0.4, -0.2) is 11.1 Å². The number of nitrogens with one attached hydrogen (secondary N) is 1. The average molecular weight is 289 g/mol. The van der Waals surface area contributed by atoms with Gasteiger partial charge in [-0.2, -0.15) is 0 Å². The number of benzene rings is 1. The molecule has 1 unspecified atom stereocenters. The Morgan fingerprint density at radius 1 is 1.31 bits per heavy atom. The Labute approximate surface area is 91.5 Å². The van der Waals surface area contributed by atoms with Gasteiger partial charge in [-0.05, 0) is 53.1 Å². The van der Waals surface area contributed by atoms with Crippen LogP contribution in [0.3, 0.4) is 0 Å². The second-order valence-electron chi connectivity index (χ2n) is 3.40. The van der Waals surface area contributed by atoms with E-state index in [1.807, 2.05) is 24.3 Å². The predicted octanol–water partition coefficient (Wildman–Crippen LogP) is 2.03. The second-order valence-corrected chi connectivity index (χ2v) is 4.64. The molecule has 2 nitrogen and oxygen atoms in total. The van der Waals surface area contributed by atoms with Gasteiger partial charge in [0.1, 0.15) is 6.23 Å². The molecule has 70 valence electrons. The maximum absolute atomic E-state index is 9.71. The van der Waals surface area contributed by atoms with Gasteiger partial charge in [0.15, 0.2) is 0 Å². The molecule has 0 amide bonds. The minimum absolute atomic E-state index is 0.496. The van der Waals surface area contributed by atoms with Gasteiger partial charge in [-0.15, -0.1) is 0 Å². The van der Waals surface area contributed by atoms with Gasteiger partial charge in [-0.25, -0.2) is 0 Å². The Morgan fingerprint density at radius 2 is 1.92 bits per heavy atom. The first-order valence-corrected chi connectivity index (χ1v) is 5.53. The Morgan fingerprint density at radius 3 is 2.46 bits per heavy atom. The summed E-state index contributed by atoms with van der Waals surface area (Å²) in [5, 5.41) is 12.9.